The summed E-state index contributed by atoms with van der Waals surface area (Å²) in [6, 6.07) is 9.07. The summed E-state index contributed by atoms with van der Waals surface area (Å²) in [6.45, 7) is 3.42. The molecule has 2 amide bonds. The standard InChI is InChI=1S/C19H17N5O2S2/c1-12-16(18(25)23-20-10-14-5-3-7-27-14)9-17(13(2)22-12)19(26)24-21-11-15-6-4-8-28-15/h3-11H,1-2H3,(H,23,25)(H,24,26)/b20-10+,21-11+. The Morgan fingerprint density at radius 3 is 1.75 bits per heavy atom. The molecule has 3 aromatic rings. The molecule has 0 fully saturated rings. The molecule has 0 aromatic carbocycles. The van der Waals surface area contributed by atoms with Crippen LogP contribution in [-0.2, 0) is 0 Å². The summed E-state index contributed by atoms with van der Waals surface area (Å²) in [7, 11) is 0. The van der Waals surface area contributed by atoms with Crippen molar-refractivity contribution < 1.29 is 9.59 Å². The van der Waals surface area contributed by atoms with Crippen LogP contribution in [0.1, 0.15) is 41.9 Å². The maximum absolute atomic E-state index is 12.4. The lowest BCUT2D eigenvalue weighted by Gasteiger charge is -2.09. The first-order chi connectivity index (χ1) is 13.5. The van der Waals surface area contributed by atoms with Crippen LogP contribution in [0.3, 0.4) is 0 Å². The van der Waals surface area contributed by atoms with Crippen LogP contribution in [0.25, 0.3) is 0 Å². The third kappa shape index (κ3) is 4.96. The first-order valence-electron chi connectivity index (χ1n) is 8.26. The lowest BCUT2D eigenvalue weighted by molar-refractivity contribution is 0.0954. The van der Waals surface area contributed by atoms with Gasteiger partial charge < -0.3 is 0 Å². The number of hydrogen-bond donors (Lipinski definition) is 2. The predicted molar refractivity (Wildman–Crippen MR) is 112 cm³/mol. The number of carbonyl (C=O) groups is 2. The van der Waals surface area contributed by atoms with E-state index in [-0.39, 0.29) is 11.1 Å². The summed E-state index contributed by atoms with van der Waals surface area (Å²) in [4.78, 5) is 31.0. The molecule has 3 rings (SSSR count). The molecule has 0 radical (unpaired) electrons. The first kappa shape index (κ1) is 19.6. The fourth-order valence-corrected chi connectivity index (χ4v) is 3.51. The summed E-state index contributed by atoms with van der Waals surface area (Å²) in [6.07, 6.45) is 3.12. The molecule has 0 saturated heterocycles. The van der Waals surface area contributed by atoms with Crippen molar-refractivity contribution >= 4 is 46.9 Å². The van der Waals surface area contributed by atoms with E-state index in [1.165, 1.54) is 28.7 Å². The normalized spacial score (nSPS) is 11.2. The summed E-state index contributed by atoms with van der Waals surface area (Å²) in [5.41, 5.74) is 6.51. The molecule has 0 unspecified atom stereocenters. The summed E-state index contributed by atoms with van der Waals surface area (Å²) in [5, 5.41) is 11.7. The van der Waals surface area contributed by atoms with Crippen molar-refractivity contribution in [1.29, 1.82) is 0 Å². The van der Waals surface area contributed by atoms with Crippen LogP contribution in [0.4, 0.5) is 0 Å². The van der Waals surface area contributed by atoms with E-state index in [0.717, 1.165) is 9.75 Å². The number of rotatable bonds is 6. The van der Waals surface area contributed by atoms with Gasteiger partial charge in [-0.25, -0.2) is 10.9 Å². The Morgan fingerprint density at radius 1 is 0.893 bits per heavy atom. The van der Waals surface area contributed by atoms with Crippen molar-refractivity contribution in [1.82, 2.24) is 15.8 Å². The highest BCUT2D eigenvalue weighted by molar-refractivity contribution is 7.12. The average molecular weight is 412 g/mol. The van der Waals surface area contributed by atoms with E-state index in [4.69, 9.17) is 0 Å². The highest BCUT2D eigenvalue weighted by Crippen LogP contribution is 2.13. The molecule has 0 saturated carbocycles. The molecule has 0 aliphatic carbocycles. The van der Waals surface area contributed by atoms with Crippen molar-refractivity contribution in [2.75, 3.05) is 0 Å². The third-order valence-electron chi connectivity index (χ3n) is 3.70. The van der Waals surface area contributed by atoms with E-state index in [1.54, 1.807) is 26.3 Å². The molecular formula is C19H17N5O2S2. The van der Waals surface area contributed by atoms with Gasteiger partial charge in [-0.3, -0.25) is 14.6 Å². The molecule has 0 aliphatic rings. The summed E-state index contributed by atoms with van der Waals surface area (Å²) >= 11 is 3.02. The predicted octanol–water partition coefficient (Wildman–Crippen LogP) is 3.35. The average Bonchev–Trinajstić information content (AvgIpc) is 3.35. The minimum Gasteiger partial charge on any atom is -0.267 e. The molecule has 9 heteroatoms. The van der Waals surface area contributed by atoms with Crippen LogP contribution in [0.15, 0.2) is 51.3 Å². The number of nitrogens with zero attached hydrogens (tertiary/aromatic N) is 3. The van der Waals surface area contributed by atoms with Gasteiger partial charge in [0.2, 0.25) is 0 Å². The first-order valence-corrected chi connectivity index (χ1v) is 10.0. The zero-order chi connectivity index (χ0) is 19.9. The number of aryl methyl sites for hydroxylation is 2. The Bertz CT molecular complexity index is 946. The quantitative estimate of drug-likeness (QED) is 0.481. The van der Waals surface area contributed by atoms with Gasteiger partial charge in [0.15, 0.2) is 0 Å². The van der Waals surface area contributed by atoms with Crippen molar-refractivity contribution in [2.24, 2.45) is 10.2 Å². The van der Waals surface area contributed by atoms with Crippen LogP contribution in [0, 0.1) is 13.8 Å². The Morgan fingerprint density at radius 2 is 1.36 bits per heavy atom. The SMILES string of the molecule is Cc1nc(C)c(C(=O)N/N=C/c2cccs2)cc1C(=O)N/N=C/c1cccs1. The molecule has 0 atom stereocenters. The lowest BCUT2D eigenvalue weighted by Crippen LogP contribution is -2.23. The summed E-state index contributed by atoms with van der Waals surface area (Å²) in [5.74, 6) is -0.872. The van der Waals surface area contributed by atoms with Gasteiger partial charge in [0, 0.05) is 9.75 Å². The fraction of sp³-hybridized carbons (Fsp3) is 0.105. The number of nitrogens with one attached hydrogen (secondary N) is 2. The smallest absolute Gasteiger partial charge is 0.267 e. The number of amides is 2. The monoisotopic (exact) mass is 411 g/mol. The van der Waals surface area contributed by atoms with Crippen LogP contribution < -0.4 is 10.9 Å². The second-order valence-electron chi connectivity index (χ2n) is 5.68. The Hall–Kier alpha value is -3.17. The Balaban J connectivity index is 1.72. The fourth-order valence-electron chi connectivity index (χ4n) is 2.34. The maximum atomic E-state index is 12.4. The lowest BCUT2D eigenvalue weighted by atomic mass is 10.1. The zero-order valence-corrected chi connectivity index (χ0v) is 16.8. The van der Waals surface area contributed by atoms with Crippen molar-refractivity contribution in [3.8, 4) is 0 Å². The Labute approximate surface area is 169 Å². The molecule has 3 aromatic heterocycles. The van der Waals surface area contributed by atoms with E-state index in [2.05, 4.69) is 26.0 Å². The van der Waals surface area contributed by atoms with Crippen LogP contribution >= 0.6 is 22.7 Å². The number of hydrogen-bond acceptors (Lipinski definition) is 7. The molecule has 0 bridgehead atoms. The van der Waals surface area contributed by atoms with Crippen molar-refractivity contribution in [3.05, 3.63) is 73.4 Å². The van der Waals surface area contributed by atoms with Crippen LogP contribution in [-0.4, -0.2) is 29.2 Å². The molecule has 142 valence electrons. The second-order valence-corrected chi connectivity index (χ2v) is 7.64. The van der Waals surface area contributed by atoms with Gasteiger partial charge in [-0.2, -0.15) is 10.2 Å². The van der Waals surface area contributed by atoms with E-state index >= 15 is 0 Å². The van der Waals surface area contributed by atoms with Gasteiger partial charge in [-0.1, -0.05) is 12.1 Å². The van der Waals surface area contributed by atoms with Gasteiger partial charge in [-0.15, -0.1) is 22.7 Å². The maximum Gasteiger partial charge on any atom is 0.273 e. The third-order valence-corrected chi connectivity index (χ3v) is 5.31. The molecule has 3 heterocycles. The van der Waals surface area contributed by atoms with E-state index < -0.39 is 11.8 Å². The molecule has 0 aliphatic heterocycles. The van der Waals surface area contributed by atoms with E-state index in [9.17, 15) is 9.59 Å². The Kier molecular flexibility index (Phi) is 6.41. The van der Waals surface area contributed by atoms with Gasteiger partial charge in [-0.05, 0) is 42.8 Å². The van der Waals surface area contributed by atoms with Gasteiger partial charge in [0.25, 0.3) is 11.8 Å². The number of hydrazone groups is 2. The van der Waals surface area contributed by atoms with Gasteiger partial charge in [0.05, 0.1) is 34.9 Å². The number of carbonyl (C=O) groups excluding carboxylic acids is 2. The topological polar surface area (TPSA) is 95.8 Å². The minimum atomic E-state index is -0.436. The highest BCUT2D eigenvalue weighted by atomic mass is 32.1. The molecule has 7 nitrogen and oxygen atoms in total. The van der Waals surface area contributed by atoms with Gasteiger partial charge >= 0.3 is 0 Å². The minimum absolute atomic E-state index is 0.279. The molecule has 28 heavy (non-hydrogen) atoms. The largest absolute Gasteiger partial charge is 0.273 e. The van der Waals surface area contributed by atoms with Crippen LogP contribution in [0.5, 0.6) is 0 Å². The zero-order valence-electron chi connectivity index (χ0n) is 15.2. The number of thiophene rings is 2. The molecule has 2 N–H and O–H groups in total. The van der Waals surface area contributed by atoms with E-state index in [0.29, 0.717) is 11.4 Å². The van der Waals surface area contributed by atoms with E-state index in [1.807, 2.05) is 35.0 Å². The number of aromatic nitrogens is 1. The van der Waals surface area contributed by atoms with Crippen molar-refractivity contribution in [3.63, 3.8) is 0 Å². The van der Waals surface area contributed by atoms with Crippen molar-refractivity contribution in [2.45, 2.75) is 13.8 Å². The second kappa shape index (κ2) is 9.16. The molecular weight excluding hydrogens is 394 g/mol. The molecule has 0 spiro atoms. The van der Waals surface area contributed by atoms with Gasteiger partial charge in [0.1, 0.15) is 0 Å². The summed E-state index contributed by atoms with van der Waals surface area (Å²) < 4.78 is 0. The number of pyridine rings is 1. The highest BCUT2D eigenvalue weighted by Gasteiger charge is 2.17. The van der Waals surface area contributed by atoms with Crippen LogP contribution in [0.2, 0.25) is 0 Å².